The van der Waals surface area contributed by atoms with Gasteiger partial charge in [0.1, 0.15) is 0 Å². The van der Waals surface area contributed by atoms with Gasteiger partial charge in [-0.25, -0.2) is 0 Å². The minimum absolute atomic E-state index is 0.0177. The topological polar surface area (TPSA) is 63.5 Å². The second kappa shape index (κ2) is 9.33. The van der Waals surface area contributed by atoms with Gasteiger partial charge in [0.15, 0.2) is 0 Å². The highest BCUT2D eigenvalue weighted by Crippen LogP contribution is 2.36. The summed E-state index contributed by atoms with van der Waals surface area (Å²) in [6.07, 6.45) is -2.71. The molecule has 10 heteroatoms. The lowest BCUT2D eigenvalue weighted by molar-refractivity contribution is -0.388. The lowest BCUT2D eigenvalue weighted by atomic mass is 10.2. The number of nitro groups is 1. The molecule has 0 saturated heterocycles. The van der Waals surface area contributed by atoms with Crippen LogP contribution in [0.15, 0.2) is 52.3 Å². The zero-order valence-electron chi connectivity index (χ0n) is 15.0. The Hall–Kier alpha value is -2.20. The van der Waals surface area contributed by atoms with Crippen LogP contribution in [0, 0.1) is 10.1 Å². The summed E-state index contributed by atoms with van der Waals surface area (Å²) in [5, 5.41) is 11.1. The normalized spacial score (nSPS) is 11.3. The van der Waals surface area contributed by atoms with Crippen LogP contribution in [-0.4, -0.2) is 34.8 Å². The third kappa shape index (κ3) is 5.90. The van der Waals surface area contributed by atoms with Crippen LogP contribution in [-0.2, 0) is 17.5 Å². The monoisotopic (exact) mass is 430 g/mol. The summed E-state index contributed by atoms with van der Waals surface area (Å²) in [7, 11) is 1.60. The van der Waals surface area contributed by atoms with Gasteiger partial charge < -0.3 is 4.90 Å². The average molecular weight is 430 g/mol. The molecule has 0 spiro atoms. The number of thioether (sulfide) groups is 2. The fourth-order valence-corrected chi connectivity index (χ4v) is 3.65. The summed E-state index contributed by atoms with van der Waals surface area (Å²) in [5.74, 6) is -0.404. The second-order valence-electron chi connectivity index (χ2n) is 5.82. The van der Waals surface area contributed by atoms with E-state index in [0.29, 0.717) is 12.6 Å². The molecule has 0 aliphatic carbocycles. The standard InChI is InChI=1S/C18H17F3N2O3S2/c1-22(10-12-3-6-14(27-2)7-4-12)17(24)11-28-16-8-5-13(18(19,20)21)9-15(16)23(25)26/h3-9H,10-11H2,1-2H3. The van der Waals surface area contributed by atoms with Crippen LogP contribution in [0.2, 0.25) is 0 Å². The molecule has 0 heterocycles. The van der Waals surface area contributed by atoms with E-state index in [9.17, 15) is 28.1 Å². The van der Waals surface area contributed by atoms with Crippen LogP contribution in [0.5, 0.6) is 0 Å². The SMILES string of the molecule is CSc1ccc(CN(C)C(=O)CSc2ccc(C(F)(F)F)cc2[N+](=O)[O-])cc1. The van der Waals surface area contributed by atoms with E-state index >= 15 is 0 Å². The number of hydrogen-bond donors (Lipinski definition) is 0. The highest BCUT2D eigenvalue weighted by atomic mass is 32.2. The summed E-state index contributed by atoms with van der Waals surface area (Å²) in [4.78, 5) is 25.1. The minimum Gasteiger partial charge on any atom is -0.341 e. The van der Waals surface area contributed by atoms with Gasteiger partial charge in [0.2, 0.25) is 5.91 Å². The molecule has 0 saturated carbocycles. The van der Waals surface area contributed by atoms with E-state index in [2.05, 4.69) is 0 Å². The van der Waals surface area contributed by atoms with Crippen LogP contribution >= 0.6 is 23.5 Å². The Morgan fingerprint density at radius 2 is 1.82 bits per heavy atom. The van der Waals surface area contributed by atoms with Crippen LogP contribution in [0.4, 0.5) is 18.9 Å². The zero-order chi connectivity index (χ0) is 20.9. The molecule has 5 nitrogen and oxygen atoms in total. The molecule has 0 unspecified atom stereocenters. The summed E-state index contributed by atoms with van der Waals surface area (Å²) in [5.41, 5.74) is -0.831. The maximum atomic E-state index is 12.7. The zero-order valence-corrected chi connectivity index (χ0v) is 16.7. The van der Waals surface area contributed by atoms with E-state index in [0.717, 1.165) is 34.4 Å². The number of amides is 1. The highest BCUT2D eigenvalue weighted by molar-refractivity contribution is 8.00. The number of halogens is 3. The lowest BCUT2D eigenvalue weighted by Gasteiger charge is -2.17. The van der Waals surface area contributed by atoms with E-state index < -0.39 is 22.4 Å². The van der Waals surface area contributed by atoms with E-state index in [1.807, 2.05) is 30.5 Å². The molecule has 0 aliphatic heterocycles. The van der Waals surface area contributed by atoms with Gasteiger partial charge in [-0.1, -0.05) is 12.1 Å². The fraction of sp³-hybridized carbons (Fsp3) is 0.278. The quantitative estimate of drug-likeness (QED) is 0.348. The number of alkyl halides is 3. The number of hydrogen-bond acceptors (Lipinski definition) is 5. The van der Waals surface area contributed by atoms with Crippen LogP contribution in [0.1, 0.15) is 11.1 Å². The Bertz CT molecular complexity index is 858. The molecule has 1 amide bonds. The number of benzene rings is 2. The van der Waals surface area contributed by atoms with Crippen molar-refractivity contribution in [2.24, 2.45) is 0 Å². The van der Waals surface area contributed by atoms with Crippen molar-refractivity contribution in [2.45, 2.75) is 22.5 Å². The molecule has 2 aromatic rings. The van der Waals surface area contributed by atoms with Crippen molar-refractivity contribution in [1.82, 2.24) is 4.90 Å². The van der Waals surface area contributed by atoms with Gasteiger partial charge in [-0.05, 0) is 36.1 Å². The Balaban J connectivity index is 2.03. The molecule has 2 rings (SSSR count). The largest absolute Gasteiger partial charge is 0.416 e. The highest BCUT2D eigenvalue weighted by Gasteiger charge is 2.33. The minimum atomic E-state index is -4.67. The predicted molar refractivity (Wildman–Crippen MR) is 104 cm³/mol. The average Bonchev–Trinajstić information content (AvgIpc) is 2.65. The van der Waals surface area contributed by atoms with Gasteiger partial charge >= 0.3 is 6.18 Å². The third-order valence-corrected chi connectivity index (χ3v) is 5.63. The second-order valence-corrected chi connectivity index (χ2v) is 7.72. The van der Waals surface area contributed by atoms with Crippen molar-refractivity contribution in [1.29, 1.82) is 0 Å². The van der Waals surface area contributed by atoms with Crippen LogP contribution in [0.25, 0.3) is 0 Å². The first kappa shape index (κ1) is 22.1. The lowest BCUT2D eigenvalue weighted by Crippen LogP contribution is -2.27. The van der Waals surface area contributed by atoms with Gasteiger partial charge in [-0.15, -0.1) is 23.5 Å². The molecule has 0 aliphatic rings. The first-order chi connectivity index (χ1) is 13.1. The number of carbonyl (C=O) groups excluding carboxylic acids is 1. The van der Waals surface area contributed by atoms with Crippen molar-refractivity contribution < 1.29 is 22.9 Å². The number of carbonyl (C=O) groups is 1. The Morgan fingerprint density at radius 3 is 2.36 bits per heavy atom. The Kier molecular flexibility index (Phi) is 7.36. The molecule has 0 atom stereocenters. The molecule has 28 heavy (non-hydrogen) atoms. The maximum Gasteiger partial charge on any atom is 0.416 e. The van der Waals surface area contributed by atoms with Gasteiger partial charge in [-0.2, -0.15) is 13.2 Å². The summed E-state index contributed by atoms with van der Waals surface area (Å²) in [6.45, 7) is 0.364. The van der Waals surface area contributed by atoms with Gasteiger partial charge in [0.25, 0.3) is 5.69 Å². The molecule has 150 valence electrons. The summed E-state index contributed by atoms with van der Waals surface area (Å²) < 4.78 is 38.2. The molecule has 0 radical (unpaired) electrons. The van der Waals surface area contributed by atoms with E-state index in [1.165, 1.54) is 4.90 Å². The molecular weight excluding hydrogens is 413 g/mol. The van der Waals surface area contributed by atoms with E-state index in [-0.39, 0.29) is 16.6 Å². The summed E-state index contributed by atoms with van der Waals surface area (Å²) >= 11 is 2.45. The molecule has 0 bridgehead atoms. The van der Waals surface area contributed by atoms with Gasteiger partial charge in [0.05, 0.1) is 21.1 Å². The predicted octanol–water partition coefficient (Wildman–Crippen LogP) is 5.09. The van der Waals surface area contributed by atoms with E-state index in [1.54, 1.807) is 18.8 Å². The maximum absolute atomic E-state index is 12.7. The number of rotatable bonds is 7. The molecule has 0 aromatic heterocycles. The van der Waals surface area contributed by atoms with Crippen molar-refractivity contribution >= 4 is 35.1 Å². The van der Waals surface area contributed by atoms with Crippen molar-refractivity contribution in [3.8, 4) is 0 Å². The van der Waals surface area contributed by atoms with Crippen molar-refractivity contribution in [3.63, 3.8) is 0 Å². The Labute approximate surface area is 168 Å². The van der Waals surface area contributed by atoms with Gasteiger partial charge in [0, 0.05) is 24.6 Å². The third-order valence-electron chi connectivity index (χ3n) is 3.84. The smallest absolute Gasteiger partial charge is 0.341 e. The molecule has 2 aromatic carbocycles. The first-order valence-corrected chi connectivity index (χ1v) is 10.2. The van der Waals surface area contributed by atoms with Gasteiger partial charge in [-0.3, -0.25) is 14.9 Å². The van der Waals surface area contributed by atoms with E-state index in [4.69, 9.17) is 0 Å². The summed E-state index contributed by atoms with van der Waals surface area (Å²) in [6, 6.07) is 9.99. The Morgan fingerprint density at radius 1 is 1.18 bits per heavy atom. The molecular formula is C18H17F3N2O3S2. The number of nitro benzene ring substituents is 1. The van der Waals surface area contributed by atoms with Crippen molar-refractivity contribution in [2.75, 3.05) is 19.1 Å². The molecule has 0 N–H and O–H groups in total. The molecule has 0 fully saturated rings. The first-order valence-electron chi connectivity index (χ1n) is 7.97. The van der Waals surface area contributed by atoms with Crippen LogP contribution in [0.3, 0.4) is 0 Å². The number of nitrogens with zero attached hydrogens (tertiary/aromatic N) is 2. The fourth-order valence-electron chi connectivity index (χ4n) is 2.30. The van der Waals surface area contributed by atoms with Crippen molar-refractivity contribution in [3.05, 3.63) is 63.7 Å². The van der Waals surface area contributed by atoms with Crippen LogP contribution < -0.4 is 0 Å².